The van der Waals surface area contributed by atoms with E-state index >= 15 is 0 Å². The average Bonchev–Trinajstić information content (AvgIpc) is 2.18. The van der Waals surface area contributed by atoms with Gasteiger partial charge < -0.3 is 5.11 Å². The van der Waals surface area contributed by atoms with Crippen LogP contribution in [0.1, 0.15) is 6.92 Å². The van der Waals surface area contributed by atoms with Crippen molar-refractivity contribution in [2.24, 2.45) is 0 Å². The molecule has 0 saturated carbocycles. The van der Waals surface area contributed by atoms with E-state index in [-0.39, 0.29) is 5.56 Å². The second-order valence-corrected chi connectivity index (χ2v) is 2.88. The molecule has 2 heterocycles. The quantitative estimate of drug-likeness (QED) is 0.707. The number of carboxylic acids is 1. The molecule has 0 amide bonds. The van der Waals surface area contributed by atoms with Gasteiger partial charge in [-0.3, -0.25) is 14.0 Å². The molecule has 4 nitrogen and oxygen atoms in total. The smallest absolute Gasteiger partial charge is 0.300 e. The van der Waals surface area contributed by atoms with Gasteiger partial charge in [-0.15, -0.1) is 0 Å². The lowest BCUT2D eigenvalue weighted by Gasteiger charge is -1.95. The average molecular weight is 205 g/mol. The predicted octanol–water partition coefficient (Wildman–Crippen LogP) is 1.39. The van der Waals surface area contributed by atoms with Crippen LogP contribution in [0, 0.1) is 0 Å². The Hall–Kier alpha value is -2.10. The molecule has 0 unspecified atom stereocenters. The van der Waals surface area contributed by atoms with E-state index in [1.165, 1.54) is 0 Å². The first-order chi connectivity index (χ1) is 7.11. The van der Waals surface area contributed by atoms with Crippen LogP contribution in [0.3, 0.4) is 0 Å². The molecule has 0 aliphatic rings. The molecule has 2 aromatic heterocycles. The fraction of sp³-hybridized carbons (Fsp3) is 0.0909. The third-order valence-electron chi connectivity index (χ3n) is 1.63. The molecule has 0 aromatic carbocycles. The maximum Gasteiger partial charge on any atom is 0.300 e. The van der Waals surface area contributed by atoms with E-state index in [0.717, 1.165) is 12.4 Å². The highest BCUT2D eigenvalue weighted by atomic mass is 16.4. The Labute approximate surface area is 86.4 Å². The molecule has 15 heavy (non-hydrogen) atoms. The number of carbonyl (C=O) groups is 1. The maximum atomic E-state index is 11.1. The summed E-state index contributed by atoms with van der Waals surface area (Å²) < 4.78 is 1.61. The summed E-state index contributed by atoms with van der Waals surface area (Å²) in [4.78, 5) is 20.1. The highest BCUT2D eigenvalue weighted by Crippen LogP contribution is 1.96. The molecule has 0 bridgehead atoms. The van der Waals surface area contributed by atoms with Gasteiger partial charge in [-0.2, -0.15) is 0 Å². The maximum absolute atomic E-state index is 11.1. The molecule has 1 N–H and O–H groups in total. The molecule has 2 aromatic rings. The summed E-state index contributed by atoms with van der Waals surface area (Å²) in [5, 5.41) is 7.42. The number of aliphatic carboxylic acids is 1. The van der Waals surface area contributed by atoms with Crippen LogP contribution in [0.15, 0.2) is 47.4 Å². The molecular weight excluding hydrogens is 194 g/mol. The topological polar surface area (TPSA) is 58.8 Å². The minimum Gasteiger partial charge on any atom is -0.481 e. The first-order valence-corrected chi connectivity index (χ1v) is 4.37. The SMILES string of the molecule is CC(=O)O.O=c1cccc2ccccn12. The lowest BCUT2D eigenvalue weighted by molar-refractivity contribution is -0.134. The fourth-order valence-electron chi connectivity index (χ4n) is 1.10. The summed E-state index contributed by atoms with van der Waals surface area (Å²) in [6.07, 6.45) is 1.76. The van der Waals surface area contributed by atoms with Crippen molar-refractivity contribution in [2.75, 3.05) is 0 Å². The summed E-state index contributed by atoms with van der Waals surface area (Å²) in [5.74, 6) is -0.833. The first-order valence-electron chi connectivity index (χ1n) is 4.37. The molecule has 0 atom stereocenters. The zero-order chi connectivity index (χ0) is 11.3. The fourth-order valence-corrected chi connectivity index (χ4v) is 1.10. The third kappa shape index (κ3) is 3.27. The Morgan fingerprint density at radius 3 is 2.40 bits per heavy atom. The Balaban J connectivity index is 0.000000245. The number of hydrogen-bond acceptors (Lipinski definition) is 2. The number of hydrogen-bond donors (Lipinski definition) is 1. The highest BCUT2D eigenvalue weighted by Gasteiger charge is 1.89. The van der Waals surface area contributed by atoms with E-state index in [4.69, 9.17) is 9.90 Å². The molecule has 0 aliphatic carbocycles. The number of pyridine rings is 2. The van der Waals surface area contributed by atoms with Gasteiger partial charge in [0.15, 0.2) is 0 Å². The van der Waals surface area contributed by atoms with Crippen LogP contribution < -0.4 is 5.56 Å². The van der Waals surface area contributed by atoms with Crippen LogP contribution in [0.5, 0.6) is 0 Å². The third-order valence-corrected chi connectivity index (χ3v) is 1.63. The summed E-state index contributed by atoms with van der Waals surface area (Å²) >= 11 is 0. The van der Waals surface area contributed by atoms with Crippen LogP contribution in [-0.2, 0) is 4.79 Å². The van der Waals surface area contributed by atoms with Gasteiger partial charge in [-0.1, -0.05) is 12.1 Å². The van der Waals surface area contributed by atoms with Gasteiger partial charge in [-0.25, -0.2) is 0 Å². The number of fused-ring (bicyclic) bond motifs is 1. The van der Waals surface area contributed by atoms with Crippen LogP contribution in [0.2, 0.25) is 0 Å². The molecule has 78 valence electrons. The molecule has 0 spiro atoms. The summed E-state index contributed by atoms with van der Waals surface area (Å²) in [6, 6.07) is 10.9. The van der Waals surface area contributed by atoms with E-state index in [2.05, 4.69) is 0 Å². The van der Waals surface area contributed by atoms with Crippen molar-refractivity contribution in [3.8, 4) is 0 Å². The van der Waals surface area contributed by atoms with E-state index in [0.29, 0.717) is 0 Å². The number of rotatable bonds is 0. The van der Waals surface area contributed by atoms with Gasteiger partial charge in [0.2, 0.25) is 0 Å². The van der Waals surface area contributed by atoms with Crippen LogP contribution in [-0.4, -0.2) is 15.5 Å². The second-order valence-electron chi connectivity index (χ2n) is 2.88. The zero-order valence-electron chi connectivity index (χ0n) is 8.25. The normalized spacial score (nSPS) is 9.13. The van der Waals surface area contributed by atoms with Crippen LogP contribution >= 0.6 is 0 Å². The zero-order valence-corrected chi connectivity index (χ0v) is 8.25. The summed E-state index contributed by atoms with van der Waals surface area (Å²) in [6.45, 7) is 1.08. The molecular formula is C11H11NO3. The van der Waals surface area contributed by atoms with Crippen molar-refractivity contribution in [1.82, 2.24) is 4.40 Å². The standard InChI is InChI=1S/C9H7NO.C2H4O2/c11-9-6-3-5-8-4-1-2-7-10(8)9;1-2(3)4/h1-7H;1H3,(H,3,4). The summed E-state index contributed by atoms with van der Waals surface area (Å²) in [5.41, 5.74) is 0.947. The van der Waals surface area contributed by atoms with Gasteiger partial charge in [0.1, 0.15) is 0 Å². The van der Waals surface area contributed by atoms with Gasteiger partial charge in [0, 0.05) is 24.7 Å². The van der Waals surface area contributed by atoms with Crippen molar-refractivity contribution in [1.29, 1.82) is 0 Å². The Kier molecular flexibility index (Phi) is 3.62. The number of carboxylic acid groups (broad SMARTS) is 1. The molecule has 2 rings (SSSR count). The molecule has 4 heteroatoms. The van der Waals surface area contributed by atoms with Gasteiger partial charge in [0.05, 0.1) is 0 Å². The second kappa shape index (κ2) is 4.95. The Morgan fingerprint density at radius 2 is 1.80 bits per heavy atom. The van der Waals surface area contributed by atoms with Crippen molar-refractivity contribution < 1.29 is 9.90 Å². The monoisotopic (exact) mass is 205 g/mol. The van der Waals surface area contributed by atoms with E-state index in [9.17, 15) is 4.79 Å². The molecule has 0 saturated heterocycles. The Morgan fingerprint density at radius 1 is 1.20 bits per heavy atom. The van der Waals surface area contributed by atoms with E-state index < -0.39 is 5.97 Å². The van der Waals surface area contributed by atoms with Gasteiger partial charge in [-0.05, 0) is 18.2 Å². The van der Waals surface area contributed by atoms with E-state index in [1.807, 2.05) is 24.3 Å². The van der Waals surface area contributed by atoms with Gasteiger partial charge in [0.25, 0.3) is 11.5 Å². The predicted molar refractivity (Wildman–Crippen MR) is 57.0 cm³/mol. The van der Waals surface area contributed by atoms with E-state index in [1.54, 1.807) is 22.7 Å². The molecule has 0 aliphatic heterocycles. The van der Waals surface area contributed by atoms with Crippen molar-refractivity contribution in [3.05, 3.63) is 52.9 Å². The molecule has 0 radical (unpaired) electrons. The van der Waals surface area contributed by atoms with Crippen LogP contribution in [0.4, 0.5) is 0 Å². The first kappa shape index (κ1) is 11.0. The van der Waals surface area contributed by atoms with Crippen molar-refractivity contribution in [3.63, 3.8) is 0 Å². The van der Waals surface area contributed by atoms with Crippen LogP contribution in [0.25, 0.3) is 5.52 Å². The number of nitrogens with zero attached hydrogens (tertiary/aromatic N) is 1. The minimum atomic E-state index is -0.833. The largest absolute Gasteiger partial charge is 0.481 e. The van der Waals surface area contributed by atoms with Crippen molar-refractivity contribution in [2.45, 2.75) is 6.92 Å². The lowest BCUT2D eigenvalue weighted by atomic mass is 10.3. The van der Waals surface area contributed by atoms with Crippen molar-refractivity contribution >= 4 is 11.5 Å². The minimum absolute atomic E-state index is 0.0168. The van der Waals surface area contributed by atoms with Gasteiger partial charge >= 0.3 is 0 Å². The summed E-state index contributed by atoms with van der Waals surface area (Å²) in [7, 11) is 0. The highest BCUT2D eigenvalue weighted by molar-refractivity contribution is 5.62. The number of aromatic nitrogens is 1. The lowest BCUT2D eigenvalue weighted by Crippen LogP contribution is -2.09. The Bertz CT molecular complexity index is 507. The molecule has 0 fully saturated rings.